The highest BCUT2D eigenvalue weighted by molar-refractivity contribution is 9.10. The zero-order chi connectivity index (χ0) is 25.3. The zero-order valence-corrected chi connectivity index (χ0v) is 21.6. The predicted molar refractivity (Wildman–Crippen MR) is 133 cm³/mol. The highest BCUT2D eigenvalue weighted by Gasteiger charge is 2.59. The van der Waals surface area contributed by atoms with Gasteiger partial charge in [-0.1, -0.05) is 35.2 Å². The summed E-state index contributed by atoms with van der Waals surface area (Å²) < 4.78 is 17.0. The van der Waals surface area contributed by atoms with E-state index in [1.54, 1.807) is 32.0 Å². The molecule has 1 saturated carbocycles. The van der Waals surface area contributed by atoms with Crippen molar-refractivity contribution in [3.8, 4) is 0 Å². The molecule has 2 aliphatic rings. The molecule has 1 fully saturated rings. The lowest BCUT2D eigenvalue weighted by atomic mass is 9.75. The molecule has 0 radical (unpaired) electrons. The van der Waals surface area contributed by atoms with Crippen molar-refractivity contribution in [1.82, 2.24) is 5.32 Å². The van der Waals surface area contributed by atoms with Crippen LogP contribution in [0.15, 0.2) is 31.9 Å². The molecule has 1 atom stereocenters. The van der Waals surface area contributed by atoms with Crippen LogP contribution in [0.3, 0.4) is 0 Å². The van der Waals surface area contributed by atoms with Crippen molar-refractivity contribution in [2.45, 2.75) is 58.9 Å². The van der Waals surface area contributed by atoms with Crippen molar-refractivity contribution in [2.75, 3.05) is 13.2 Å². The maximum Gasteiger partial charge on any atom is 0.346 e. The van der Waals surface area contributed by atoms with Crippen LogP contribution >= 0.6 is 15.9 Å². The Labute approximate surface area is 210 Å². The molecule has 35 heavy (non-hydrogen) atoms. The monoisotopic (exact) mass is 545 g/mol. The number of hydrogen-bond acceptors (Lipinski definition) is 8. The summed E-state index contributed by atoms with van der Waals surface area (Å²) in [6.07, 6.45) is 4.63. The average molecular weight is 546 g/mol. The van der Waals surface area contributed by atoms with Gasteiger partial charge in [-0.15, -0.1) is 0 Å². The topological polar surface area (TPSA) is 112 Å². The number of ether oxygens (including phenoxy) is 2. The minimum atomic E-state index is -2.17. The fraction of sp³-hybridized carbons (Fsp3) is 0.462. The molecule has 1 aromatic carbocycles. The summed E-state index contributed by atoms with van der Waals surface area (Å²) in [6, 6.07) is 4.90. The second-order valence-electron chi connectivity index (χ2n) is 8.76. The lowest BCUT2D eigenvalue weighted by Gasteiger charge is -2.34. The third-order valence-corrected chi connectivity index (χ3v) is 7.15. The van der Waals surface area contributed by atoms with Gasteiger partial charge < -0.3 is 19.2 Å². The Kier molecular flexibility index (Phi) is 7.17. The molecule has 1 aromatic heterocycles. The van der Waals surface area contributed by atoms with E-state index in [1.807, 2.05) is 0 Å². The molecule has 4 rings (SSSR count). The van der Waals surface area contributed by atoms with Crippen LogP contribution in [0.2, 0.25) is 0 Å². The second-order valence-corrected chi connectivity index (χ2v) is 9.67. The van der Waals surface area contributed by atoms with Crippen LogP contribution in [-0.4, -0.2) is 37.0 Å². The first-order chi connectivity index (χ1) is 16.8. The molecule has 0 amide bonds. The fourth-order valence-corrected chi connectivity index (χ4v) is 5.55. The van der Waals surface area contributed by atoms with Gasteiger partial charge in [0.05, 0.1) is 29.7 Å². The fourth-order valence-electron chi connectivity index (χ4n) is 5.19. The molecule has 1 N–H and O–H groups in total. The zero-order valence-electron chi connectivity index (χ0n) is 20.0. The lowest BCUT2D eigenvalue weighted by molar-refractivity contribution is -0.154. The summed E-state index contributed by atoms with van der Waals surface area (Å²) in [5, 5.41) is 3.89. The molecule has 9 heteroatoms. The third kappa shape index (κ3) is 4.09. The van der Waals surface area contributed by atoms with Crippen molar-refractivity contribution in [3.05, 3.63) is 43.5 Å². The van der Waals surface area contributed by atoms with Crippen LogP contribution < -0.4 is 21.4 Å². The van der Waals surface area contributed by atoms with Crippen LogP contribution in [0.25, 0.3) is 22.2 Å². The Morgan fingerprint density at radius 2 is 1.77 bits per heavy atom. The molecule has 0 bridgehead atoms. The quantitative estimate of drug-likeness (QED) is 0.320. The van der Waals surface area contributed by atoms with Gasteiger partial charge in [0.1, 0.15) is 5.58 Å². The minimum Gasteiger partial charge on any atom is -0.465 e. The van der Waals surface area contributed by atoms with Crippen molar-refractivity contribution < 1.29 is 28.3 Å². The number of benzene rings is 1. The van der Waals surface area contributed by atoms with E-state index in [1.165, 1.54) is 6.92 Å². The number of Topliss-reactive ketones (excluding diaryl/α,β-unsaturated/α-hetero) is 1. The van der Waals surface area contributed by atoms with Crippen molar-refractivity contribution in [2.24, 2.45) is 5.41 Å². The number of ketones is 1. The normalized spacial score (nSPS) is 20.0. The van der Waals surface area contributed by atoms with Crippen molar-refractivity contribution >= 4 is 55.9 Å². The number of carbonyl (C=O) groups is 3. The highest BCUT2D eigenvalue weighted by atomic mass is 79.9. The van der Waals surface area contributed by atoms with Gasteiger partial charge in [-0.25, -0.2) is 9.59 Å². The Balaban J connectivity index is 2.23. The van der Waals surface area contributed by atoms with Gasteiger partial charge in [0.25, 0.3) is 0 Å². The molecular weight excluding hydrogens is 518 g/mol. The number of halogens is 1. The van der Waals surface area contributed by atoms with Crippen LogP contribution in [-0.2, 0) is 23.9 Å². The molecule has 2 aromatic rings. The third-order valence-electron chi connectivity index (χ3n) is 6.66. The molecule has 0 saturated heterocycles. The van der Waals surface area contributed by atoms with Gasteiger partial charge in [0.2, 0.25) is 0 Å². The standard InChI is InChI=1S/C26H28BrNO7/c1-4-33-24(31)21-19-17-13-15(27)11-12-18(17)35-23(30)20(19)22(28-16-9-7-6-8-10-16)26(21,14(3)29)25(32)34-5-2/h11-13,16,28H,4-10H2,1-3H3. The van der Waals surface area contributed by atoms with Gasteiger partial charge in [0.15, 0.2) is 11.2 Å². The Morgan fingerprint density at radius 1 is 1.09 bits per heavy atom. The summed E-state index contributed by atoms with van der Waals surface area (Å²) in [6.45, 7) is 4.48. The SMILES string of the molecule is CCOC(=O)C1=c2c(c(=O)oc3ccc(Br)cc23)=C(NC2CCCCC2)C1(C(C)=O)C(=O)OCC. The maximum absolute atomic E-state index is 13.7. The first kappa shape index (κ1) is 25.2. The molecule has 1 unspecified atom stereocenters. The maximum atomic E-state index is 13.7. The van der Waals surface area contributed by atoms with E-state index in [0.717, 1.165) is 32.1 Å². The van der Waals surface area contributed by atoms with Crippen LogP contribution in [0.5, 0.6) is 0 Å². The summed E-state index contributed by atoms with van der Waals surface area (Å²) in [5.74, 6) is -2.42. The highest BCUT2D eigenvalue weighted by Crippen LogP contribution is 2.42. The molecule has 8 nitrogen and oxygen atoms in total. The molecule has 1 heterocycles. The molecule has 186 valence electrons. The van der Waals surface area contributed by atoms with E-state index in [2.05, 4.69) is 21.2 Å². The summed E-state index contributed by atoms with van der Waals surface area (Å²) >= 11 is 3.43. The van der Waals surface area contributed by atoms with Gasteiger partial charge in [-0.3, -0.25) is 9.59 Å². The Hall–Kier alpha value is -2.94. The molecular formula is C26H28BrNO7. The van der Waals surface area contributed by atoms with Crippen LogP contribution in [0, 0.1) is 5.41 Å². The second kappa shape index (κ2) is 9.97. The van der Waals surface area contributed by atoms with Gasteiger partial charge in [0, 0.05) is 21.1 Å². The first-order valence-electron chi connectivity index (χ1n) is 11.9. The average Bonchev–Trinajstić information content (AvgIpc) is 3.13. The molecule has 0 spiro atoms. The van der Waals surface area contributed by atoms with Crippen molar-refractivity contribution in [1.29, 1.82) is 0 Å². The van der Waals surface area contributed by atoms with Gasteiger partial charge in [-0.05, 0) is 51.8 Å². The van der Waals surface area contributed by atoms with Crippen molar-refractivity contribution in [3.63, 3.8) is 0 Å². The number of carbonyl (C=O) groups excluding carboxylic acids is 3. The van der Waals surface area contributed by atoms with Crippen LogP contribution in [0.4, 0.5) is 0 Å². The number of nitrogens with one attached hydrogen (secondary N) is 1. The number of hydrogen-bond donors (Lipinski definition) is 1. The molecule has 0 aliphatic heterocycles. The number of esters is 2. The Bertz CT molecular complexity index is 1390. The van der Waals surface area contributed by atoms with E-state index >= 15 is 0 Å². The number of rotatable bonds is 7. The van der Waals surface area contributed by atoms with Gasteiger partial charge >= 0.3 is 17.6 Å². The number of fused-ring (bicyclic) bond motifs is 3. The largest absolute Gasteiger partial charge is 0.465 e. The summed E-state index contributed by atoms with van der Waals surface area (Å²) in [4.78, 5) is 54.1. The van der Waals surface area contributed by atoms with E-state index < -0.39 is 28.8 Å². The minimum absolute atomic E-state index is 0.00696. The Morgan fingerprint density at radius 3 is 2.40 bits per heavy atom. The summed E-state index contributed by atoms with van der Waals surface area (Å²) in [5.41, 5.74) is -2.87. The first-order valence-corrected chi connectivity index (χ1v) is 12.7. The van der Waals surface area contributed by atoms with Gasteiger partial charge in [-0.2, -0.15) is 0 Å². The smallest absolute Gasteiger partial charge is 0.346 e. The van der Waals surface area contributed by atoms with E-state index in [-0.39, 0.29) is 46.5 Å². The predicted octanol–water partition coefficient (Wildman–Crippen LogP) is 2.45. The van der Waals surface area contributed by atoms with E-state index in [9.17, 15) is 19.2 Å². The van der Waals surface area contributed by atoms with Crippen LogP contribution in [0.1, 0.15) is 52.9 Å². The van der Waals surface area contributed by atoms with E-state index in [0.29, 0.717) is 9.86 Å². The summed E-state index contributed by atoms with van der Waals surface area (Å²) in [7, 11) is 0. The lowest BCUT2D eigenvalue weighted by Crippen LogP contribution is -2.50. The molecule has 2 aliphatic carbocycles. The van der Waals surface area contributed by atoms with E-state index in [4.69, 9.17) is 13.9 Å².